The van der Waals surface area contributed by atoms with Gasteiger partial charge in [0.2, 0.25) is 17.7 Å². The molecule has 3 N–H and O–H groups in total. The van der Waals surface area contributed by atoms with E-state index in [2.05, 4.69) is 26.6 Å². The summed E-state index contributed by atoms with van der Waals surface area (Å²) in [5.74, 6) is -1.56. The molecular formula is C29H34BrN3O4S. The number of amides is 3. The molecule has 3 unspecified atom stereocenters. The van der Waals surface area contributed by atoms with E-state index in [0.29, 0.717) is 32.4 Å². The number of alkyl halides is 1. The maximum Gasteiger partial charge on any atom is 0.248 e. The minimum atomic E-state index is -0.694. The summed E-state index contributed by atoms with van der Waals surface area (Å²) < 4.78 is -0.689. The van der Waals surface area contributed by atoms with Crippen LogP contribution in [0.3, 0.4) is 0 Å². The number of thioether (sulfide) groups is 1. The molecule has 3 heterocycles. The highest BCUT2D eigenvalue weighted by atomic mass is 79.9. The second kappa shape index (κ2) is 11.0. The third kappa shape index (κ3) is 4.77. The molecule has 5 rings (SSSR count). The number of carbonyl (C=O) groups is 3. The molecule has 0 saturated carbocycles. The number of fused-ring (bicyclic) bond motifs is 1. The van der Waals surface area contributed by atoms with Crippen LogP contribution >= 0.6 is 27.7 Å². The van der Waals surface area contributed by atoms with Crippen molar-refractivity contribution in [1.82, 2.24) is 10.2 Å². The fourth-order valence-electron chi connectivity index (χ4n) is 6.34. The predicted octanol–water partition coefficient (Wildman–Crippen LogP) is 3.80. The van der Waals surface area contributed by atoms with Crippen LogP contribution in [-0.4, -0.2) is 61.7 Å². The fourth-order valence-corrected chi connectivity index (χ4v) is 9.95. The molecule has 2 bridgehead atoms. The smallest absolute Gasteiger partial charge is 0.248 e. The van der Waals surface area contributed by atoms with Crippen LogP contribution in [0.2, 0.25) is 0 Å². The van der Waals surface area contributed by atoms with Gasteiger partial charge >= 0.3 is 0 Å². The van der Waals surface area contributed by atoms with Crippen molar-refractivity contribution in [2.75, 3.05) is 18.5 Å². The first-order chi connectivity index (χ1) is 18.3. The molecule has 3 fully saturated rings. The molecule has 2 aromatic rings. The van der Waals surface area contributed by atoms with E-state index in [1.165, 1.54) is 0 Å². The van der Waals surface area contributed by atoms with Crippen LogP contribution in [0.1, 0.15) is 36.0 Å². The summed E-state index contributed by atoms with van der Waals surface area (Å²) in [6.07, 6.45) is 1.78. The van der Waals surface area contributed by atoms with Crippen molar-refractivity contribution in [3.63, 3.8) is 0 Å². The Morgan fingerprint density at radius 1 is 1.13 bits per heavy atom. The zero-order valence-corrected chi connectivity index (χ0v) is 24.1. The molecule has 0 radical (unpaired) electrons. The van der Waals surface area contributed by atoms with Crippen LogP contribution in [0.15, 0.2) is 48.5 Å². The Labute approximate surface area is 236 Å². The largest absolute Gasteiger partial charge is 0.396 e. The lowest BCUT2D eigenvalue weighted by Crippen LogP contribution is -2.53. The lowest BCUT2D eigenvalue weighted by Gasteiger charge is -2.35. The lowest BCUT2D eigenvalue weighted by atomic mass is 9.70. The third-order valence-corrected chi connectivity index (χ3v) is 11.3. The van der Waals surface area contributed by atoms with E-state index in [0.717, 1.165) is 22.4 Å². The number of rotatable bonds is 9. The minimum Gasteiger partial charge on any atom is -0.396 e. The third-order valence-electron chi connectivity index (χ3n) is 8.11. The lowest BCUT2D eigenvalue weighted by molar-refractivity contribution is -0.139. The number of aryl methyl sites for hydroxylation is 2. The number of anilines is 1. The zero-order valence-electron chi connectivity index (χ0n) is 21.7. The van der Waals surface area contributed by atoms with Gasteiger partial charge in [0.25, 0.3) is 0 Å². The Morgan fingerprint density at radius 2 is 1.89 bits per heavy atom. The highest BCUT2D eigenvalue weighted by Crippen LogP contribution is 2.67. The second-order valence-corrected chi connectivity index (χ2v) is 13.4. The van der Waals surface area contributed by atoms with Crippen LogP contribution in [0, 0.1) is 25.7 Å². The summed E-state index contributed by atoms with van der Waals surface area (Å²) in [4.78, 5) is 43.3. The van der Waals surface area contributed by atoms with E-state index < -0.39 is 22.6 Å². The monoisotopic (exact) mass is 599 g/mol. The maximum absolute atomic E-state index is 14.0. The Kier molecular flexibility index (Phi) is 7.89. The van der Waals surface area contributed by atoms with Gasteiger partial charge in [0.1, 0.15) is 6.04 Å². The van der Waals surface area contributed by atoms with Crippen LogP contribution in [0.25, 0.3) is 0 Å². The van der Waals surface area contributed by atoms with E-state index in [1.807, 2.05) is 62.4 Å². The predicted molar refractivity (Wildman–Crippen MR) is 153 cm³/mol. The first-order valence-electron chi connectivity index (χ1n) is 13.2. The number of nitrogens with zero attached hydrogens (tertiary/aromatic N) is 1. The molecule has 1 spiro atoms. The van der Waals surface area contributed by atoms with Gasteiger partial charge < -0.3 is 20.6 Å². The molecule has 0 aliphatic carbocycles. The van der Waals surface area contributed by atoms with E-state index in [4.69, 9.17) is 0 Å². The van der Waals surface area contributed by atoms with Crippen molar-refractivity contribution in [3.8, 4) is 0 Å². The fraction of sp³-hybridized carbons (Fsp3) is 0.483. The van der Waals surface area contributed by atoms with Gasteiger partial charge in [0.05, 0.1) is 16.6 Å². The summed E-state index contributed by atoms with van der Waals surface area (Å²) in [6.45, 7) is 4.73. The van der Waals surface area contributed by atoms with Gasteiger partial charge in [-0.25, -0.2) is 0 Å². The van der Waals surface area contributed by atoms with Crippen molar-refractivity contribution in [2.45, 2.75) is 60.5 Å². The van der Waals surface area contributed by atoms with Gasteiger partial charge in [-0.15, -0.1) is 11.8 Å². The number of hydrogen-bond acceptors (Lipinski definition) is 5. The Bertz CT molecular complexity index is 1230. The average molecular weight is 601 g/mol. The number of unbranched alkanes of at least 4 members (excludes halogenated alkanes) is 1. The van der Waals surface area contributed by atoms with Crippen molar-refractivity contribution >= 4 is 51.1 Å². The topological polar surface area (TPSA) is 98.7 Å². The van der Waals surface area contributed by atoms with Crippen LogP contribution < -0.4 is 10.6 Å². The number of aliphatic hydroxyl groups excluding tert-OH is 1. The average Bonchev–Trinajstić information content (AvgIpc) is 3.49. The molecule has 0 aromatic heterocycles. The molecule has 6 atom stereocenters. The molecule has 3 aliphatic heterocycles. The molecule has 3 saturated heterocycles. The summed E-state index contributed by atoms with van der Waals surface area (Å²) in [7, 11) is 0. The highest BCUT2D eigenvalue weighted by molar-refractivity contribution is 9.09. The van der Waals surface area contributed by atoms with Crippen molar-refractivity contribution in [3.05, 3.63) is 65.2 Å². The Balaban J connectivity index is 1.45. The van der Waals surface area contributed by atoms with Crippen LogP contribution in [0.4, 0.5) is 5.69 Å². The first kappa shape index (κ1) is 27.2. The van der Waals surface area contributed by atoms with Gasteiger partial charge in [-0.1, -0.05) is 58.4 Å². The summed E-state index contributed by atoms with van der Waals surface area (Å²) in [6, 6.07) is 14.9. The molecule has 38 heavy (non-hydrogen) atoms. The van der Waals surface area contributed by atoms with Gasteiger partial charge in [0.15, 0.2) is 0 Å². The summed E-state index contributed by atoms with van der Waals surface area (Å²) in [5.41, 5.74) is 3.73. The van der Waals surface area contributed by atoms with E-state index in [9.17, 15) is 19.5 Å². The van der Waals surface area contributed by atoms with Crippen LogP contribution in [0.5, 0.6) is 0 Å². The molecule has 202 valence electrons. The Morgan fingerprint density at radius 3 is 2.63 bits per heavy atom. The first-order valence-corrected chi connectivity index (χ1v) is 15.0. The summed E-state index contributed by atoms with van der Waals surface area (Å²) in [5, 5.41) is 15.4. The maximum atomic E-state index is 14.0. The van der Waals surface area contributed by atoms with Crippen molar-refractivity contribution in [2.24, 2.45) is 11.8 Å². The molecule has 3 amide bonds. The zero-order chi connectivity index (χ0) is 27.0. The highest BCUT2D eigenvalue weighted by Gasteiger charge is 2.75. The number of benzene rings is 2. The quantitative estimate of drug-likeness (QED) is 0.301. The standard InChI is InChI=1S/C29H34BrN3O4S/c1-17-10-11-18(2)21(14-17)32-27(36)25-29-15-20(30)24(38-29)22(23(29)28(37)33(25)12-6-7-13-34)26(35)31-16-19-8-4-3-5-9-19/h3-5,8-11,14,20,22-25,34H,6-7,12-13,15-16H2,1-2H3,(H,31,35)(H,32,36)/t20?,22-,23-,24-,25?,29?/m0/s1. The molecule has 9 heteroatoms. The molecule has 3 aliphatic rings. The molecule has 7 nitrogen and oxygen atoms in total. The number of hydrogen-bond donors (Lipinski definition) is 3. The molecular weight excluding hydrogens is 566 g/mol. The van der Waals surface area contributed by atoms with Gasteiger partial charge in [0, 0.05) is 35.5 Å². The SMILES string of the molecule is Cc1ccc(C)c(NC(=O)C2N(CCCCO)C(=O)[C@@H]3[C@H](C(=O)NCc4ccccc4)[C@H]4SC23CC4Br)c1. The normalized spacial score (nSPS) is 29.4. The van der Waals surface area contributed by atoms with Gasteiger partial charge in [-0.2, -0.15) is 0 Å². The van der Waals surface area contributed by atoms with Gasteiger partial charge in [-0.05, 0) is 55.9 Å². The van der Waals surface area contributed by atoms with E-state index in [-0.39, 0.29) is 34.4 Å². The van der Waals surface area contributed by atoms with Crippen molar-refractivity contribution < 1.29 is 19.5 Å². The second-order valence-electron chi connectivity index (χ2n) is 10.6. The summed E-state index contributed by atoms with van der Waals surface area (Å²) >= 11 is 5.44. The van der Waals surface area contributed by atoms with Gasteiger partial charge in [-0.3, -0.25) is 14.4 Å². The minimum absolute atomic E-state index is 0.0254. The van der Waals surface area contributed by atoms with E-state index >= 15 is 0 Å². The van der Waals surface area contributed by atoms with Crippen molar-refractivity contribution in [1.29, 1.82) is 0 Å². The van der Waals surface area contributed by atoms with E-state index in [1.54, 1.807) is 16.7 Å². The number of halogens is 1. The number of aliphatic hydroxyl groups is 1. The Hall–Kier alpha value is -2.36. The molecule has 2 aromatic carbocycles. The number of carbonyl (C=O) groups excluding carboxylic acids is 3. The number of likely N-dealkylation sites (tertiary alicyclic amines) is 1. The number of nitrogens with one attached hydrogen (secondary N) is 2. The van der Waals surface area contributed by atoms with Crippen LogP contribution in [-0.2, 0) is 20.9 Å².